The fourth-order valence-electron chi connectivity index (χ4n) is 3.33. The molecule has 1 aromatic carbocycles. The molecule has 1 atom stereocenters. The Morgan fingerprint density at radius 1 is 1.40 bits per heavy atom. The second-order valence-electron chi connectivity index (χ2n) is 6.09. The Morgan fingerprint density at radius 2 is 2.12 bits per heavy atom. The smallest absolute Gasteiger partial charge is 0.263 e. The van der Waals surface area contributed by atoms with E-state index in [1.54, 1.807) is 19.2 Å². The predicted octanol–water partition coefficient (Wildman–Crippen LogP) is 5.55. The van der Waals surface area contributed by atoms with Gasteiger partial charge in [-0.2, -0.15) is 0 Å². The molecule has 0 saturated carbocycles. The first-order valence-electron chi connectivity index (χ1n) is 8.48. The summed E-state index contributed by atoms with van der Waals surface area (Å²) in [6.45, 7) is 6.16. The van der Waals surface area contributed by atoms with Crippen LogP contribution in [0.25, 0.3) is 0 Å². The van der Waals surface area contributed by atoms with Gasteiger partial charge in [0.25, 0.3) is 6.43 Å². The Morgan fingerprint density at radius 3 is 2.68 bits per heavy atom. The van der Waals surface area contributed by atoms with E-state index in [0.717, 1.165) is 29.1 Å². The quantitative estimate of drug-likeness (QED) is 0.674. The van der Waals surface area contributed by atoms with Crippen LogP contribution >= 0.6 is 0 Å². The largest absolute Gasteiger partial charge is 0.338 e. The molecule has 1 N–H and O–H groups in total. The average Bonchev–Trinajstić information content (AvgIpc) is 2.60. The lowest BCUT2D eigenvalue weighted by molar-refractivity contribution is 0.151. The molecule has 5 heteroatoms. The number of nitrogens with zero attached hydrogens (tertiary/aromatic N) is 2. The molecule has 0 radical (unpaired) electrons. The molecular weight excluding hydrogens is 320 g/mol. The van der Waals surface area contributed by atoms with Crippen molar-refractivity contribution in [2.24, 2.45) is 4.99 Å². The molecule has 1 unspecified atom stereocenters. The van der Waals surface area contributed by atoms with E-state index in [9.17, 15) is 8.78 Å². The van der Waals surface area contributed by atoms with Crippen LogP contribution in [0.5, 0.6) is 0 Å². The van der Waals surface area contributed by atoms with Gasteiger partial charge in [-0.3, -0.25) is 4.99 Å². The van der Waals surface area contributed by atoms with Gasteiger partial charge in [-0.25, -0.2) is 8.78 Å². The summed E-state index contributed by atoms with van der Waals surface area (Å²) in [6, 6.07) is 6.63. The zero-order valence-corrected chi connectivity index (χ0v) is 15.2. The van der Waals surface area contributed by atoms with Crippen molar-refractivity contribution in [3.63, 3.8) is 0 Å². The van der Waals surface area contributed by atoms with Crippen LogP contribution in [0.2, 0.25) is 0 Å². The van der Waals surface area contributed by atoms with Crippen LogP contribution < -0.4 is 4.90 Å². The molecule has 0 bridgehead atoms. The molecule has 0 aromatic heterocycles. The number of alkyl halides is 2. The highest BCUT2D eigenvalue weighted by Crippen LogP contribution is 2.35. The summed E-state index contributed by atoms with van der Waals surface area (Å²) in [4.78, 5) is 6.43. The Kier molecular flexibility index (Phi) is 6.23. The monoisotopic (exact) mass is 345 g/mol. The number of rotatable bonds is 6. The lowest BCUT2D eigenvalue weighted by Crippen LogP contribution is -2.37. The minimum atomic E-state index is -2.49. The third kappa shape index (κ3) is 3.86. The van der Waals surface area contributed by atoms with Gasteiger partial charge in [0.2, 0.25) is 0 Å². The zero-order chi connectivity index (χ0) is 18.6. The molecule has 0 saturated heterocycles. The third-order valence-electron chi connectivity index (χ3n) is 4.69. The summed E-state index contributed by atoms with van der Waals surface area (Å²) in [5, 5.41) is 7.40. The highest BCUT2D eigenvalue weighted by Gasteiger charge is 2.27. The summed E-state index contributed by atoms with van der Waals surface area (Å²) in [5.74, 6) is 0. The molecule has 1 aliphatic heterocycles. The molecule has 0 amide bonds. The predicted molar refractivity (Wildman–Crippen MR) is 101 cm³/mol. The van der Waals surface area contributed by atoms with Crippen LogP contribution in [0.1, 0.15) is 45.6 Å². The van der Waals surface area contributed by atoms with Crippen molar-refractivity contribution in [2.45, 2.75) is 46.1 Å². The van der Waals surface area contributed by atoms with Gasteiger partial charge in [0.05, 0.1) is 6.04 Å². The van der Waals surface area contributed by atoms with E-state index in [2.05, 4.69) is 29.8 Å². The molecule has 0 spiro atoms. The van der Waals surface area contributed by atoms with Crippen molar-refractivity contribution < 1.29 is 8.78 Å². The second kappa shape index (κ2) is 8.19. The molecule has 134 valence electrons. The van der Waals surface area contributed by atoms with Crippen molar-refractivity contribution in [1.29, 1.82) is 5.41 Å². The van der Waals surface area contributed by atoms with Crippen molar-refractivity contribution in [1.82, 2.24) is 0 Å². The summed E-state index contributed by atoms with van der Waals surface area (Å²) in [5.41, 5.74) is 4.77. The minimum absolute atomic E-state index is 0.0236. The maximum atomic E-state index is 13.1. The lowest BCUT2D eigenvalue weighted by atomic mass is 9.91. The van der Waals surface area contributed by atoms with Gasteiger partial charge in [0.15, 0.2) is 0 Å². The van der Waals surface area contributed by atoms with E-state index in [0.29, 0.717) is 6.42 Å². The van der Waals surface area contributed by atoms with Gasteiger partial charge in [0.1, 0.15) is 0 Å². The summed E-state index contributed by atoms with van der Waals surface area (Å²) in [7, 11) is 1.72. The first kappa shape index (κ1) is 19.0. The van der Waals surface area contributed by atoms with Crippen molar-refractivity contribution in [2.75, 3.05) is 11.9 Å². The van der Waals surface area contributed by atoms with Gasteiger partial charge in [-0.05, 0) is 38.0 Å². The minimum Gasteiger partial charge on any atom is -0.338 e. The van der Waals surface area contributed by atoms with Gasteiger partial charge < -0.3 is 10.3 Å². The molecule has 25 heavy (non-hydrogen) atoms. The van der Waals surface area contributed by atoms with Crippen molar-refractivity contribution >= 4 is 17.6 Å². The van der Waals surface area contributed by atoms with Crippen LogP contribution in [-0.2, 0) is 0 Å². The van der Waals surface area contributed by atoms with Crippen LogP contribution in [-0.4, -0.2) is 25.0 Å². The number of aliphatic imine (C=N–C) groups is 1. The number of hydrogen-bond acceptors (Lipinski definition) is 3. The second-order valence-corrected chi connectivity index (χ2v) is 6.09. The topological polar surface area (TPSA) is 39.5 Å². The van der Waals surface area contributed by atoms with Crippen LogP contribution in [0.15, 0.2) is 52.2 Å². The number of allylic oxidation sites excluding steroid dienone is 3. The molecule has 0 fully saturated rings. The molecule has 0 aliphatic carbocycles. The first-order chi connectivity index (χ1) is 11.9. The SMILES string of the molecule is CCC1=CC(C(CC=N)=NC)=C(C)N(c2cccc(C(F)F)c2)C1C. The Labute approximate surface area is 148 Å². The highest BCUT2D eigenvalue weighted by atomic mass is 19.3. The summed E-state index contributed by atoms with van der Waals surface area (Å²) >= 11 is 0. The normalized spacial score (nSPS) is 18.7. The van der Waals surface area contributed by atoms with Gasteiger partial charge in [-0.1, -0.05) is 25.1 Å². The Hall–Kier alpha value is -2.30. The van der Waals surface area contributed by atoms with Crippen molar-refractivity contribution in [3.05, 3.63) is 52.7 Å². The van der Waals surface area contributed by atoms with E-state index in [-0.39, 0.29) is 11.6 Å². The zero-order valence-electron chi connectivity index (χ0n) is 15.2. The van der Waals surface area contributed by atoms with Gasteiger partial charge >= 0.3 is 0 Å². The molecular formula is C20H25F2N3. The van der Waals surface area contributed by atoms with Gasteiger partial charge in [-0.15, -0.1) is 0 Å². The fraction of sp³-hybridized carbons (Fsp3) is 0.400. The Balaban J connectivity index is 2.59. The van der Waals surface area contributed by atoms with Crippen LogP contribution in [0.3, 0.4) is 0 Å². The van der Waals surface area contributed by atoms with E-state index in [4.69, 9.17) is 5.41 Å². The lowest BCUT2D eigenvalue weighted by Gasteiger charge is -2.38. The van der Waals surface area contributed by atoms with Crippen LogP contribution in [0.4, 0.5) is 14.5 Å². The van der Waals surface area contributed by atoms with E-state index in [1.807, 2.05) is 13.0 Å². The molecule has 3 nitrogen and oxygen atoms in total. The third-order valence-corrected chi connectivity index (χ3v) is 4.69. The number of benzene rings is 1. The number of anilines is 1. The van der Waals surface area contributed by atoms with Gasteiger partial charge in [0, 0.05) is 47.9 Å². The van der Waals surface area contributed by atoms with E-state index >= 15 is 0 Å². The number of hydrogen-bond donors (Lipinski definition) is 1. The first-order valence-corrected chi connectivity index (χ1v) is 8.48. The van der Waals surface area contributed by atoms with Crippen LogP contribution in [0, 0.1) is 5.41 Å². The summed E-state index contributed by atoms with van der Waals surface area (Å²) in [6.07, 6.45) is 2.30. The number of nitrogens with one attached hydrogen (secondary N) is 1. The fourth-order valence-corrected chi connectivity index (χ4v) is 3.33. The maximum Gasteiger partial charge on any atom is 0.263 e. The molecule has 1 aliphatic rings. The standard InChI is InChI=1S/C20H25F2N3/c1-5-15-12-18(19(24-4)9-10-23)14(3)25(13(15)2)17-8-6-7-16(11-17)20(21)22/h6-8,10-13,20,23H,5,9H2,1-4H3. The molecule has 1 heterocycles. The average molecular weight is 345 g/mol. The van der Waals surface area contributed by atoms with Crippen molar-refractivity contribution in [3.8, 4) is 0 Å². The van der Waals surface area contributed by atoms with E-state index in [1.165, 1.54) is 17.9 Å². The molecule has 1 aromatic rings. The Bertz CT molecular complexity index is 732. The highest BCUT2D eigenvalue weighted by molar-refractivity contribution is 6.09. The molecule has 2 rings (SSSR count). The summed E-state index contributed by atoms with van der Waals surface area (Å²) < 4.78 is 26.3. The van der Waals surface area contributed by atoms with E-state index < -0.39 is 6.43 Å². The number of halogens is 2. The maximum absolute atomic E-state index is 13.1.